The monoisotopic (exact) mass is 399 g/mol. The molecule has 0 bridgehead atoms. The molecule has 28 heavy (non-hydrogen) atoms. The molecule has 1 aliphatic heterocycles. The van der Waals surface area contributed by atoms with Crippen LogP contribution >= 0.6 is 11.6 Å². The van der Waals surface area contributed by atoms with Crippen LogP contribution < -0.4 is 10.6 Å². The highest BCUT2D eigenvalue weighted by molar-refractivity contribution is 6.20. The van der Waals surface area contributed by atoms with E-state index in [1.807, 2.05) is 32.2 Å². The molecule has 2 N–H and O–H groups in total. The van der Waals surface area contributed by atoms with E-state index in [1.165, 1.54) is 0 Å². The first-order chi connectivity index (χ1) is 13.5. The minimum Gasteiger partial charge on any atom is -0.353 e. The number of carbonyl (C=O) groups excluding carboxylic acids is 1. The second-order valence-corrected chi connectivity index (χ2v) is 8.63. The van der Waals surface area contributed by atoms with Crippen LogP contribution in [0.3, 0.4) is 0 Å². The lowest BCUT2D eigenvalue weighted by Gasteiger charge is -2.42. The first-order valence-electron chi connectivity index (χ1n) is 9.96. The van der Waals surface area contributed by atoms with Crippen molar-refractivity contribution in [3.05, 3.63) is 36.3 Å². The van der Waals surface area contributed by atoms with E-state index in [0.29, 0.717) is 11.9 Å². The average molecular weight is 400 g/mol. The van der Waals surface area contributed by atoms with Gasteiger partial charge in [0, 0.05) is 41.6 Å². The lowest BCUT2D eigenvalue weighted by Crippen LogP contribution is -2.55. The summed E-state index contributed by atoms with van der Waals surface area (Å²) >= 11 is 6.37. The van der Waals surface area contributed by atoms with Crippen molar-refractivity contribution in [3.8, 4) is 11.3 Å². The van der Waals surface area contributed by atoms with Crippen LogP contribution in [-0.2, 0) is 4.79 Å². The van der Waals surface area contributed by atoms with Crippen molar-refractivity contribution in [2.45, 2.75) is 57.0 Å². The Hall–Kier alpha value is -2.21. The number of hydrogen-bond donors (Lipinski definition) is 2. The van der Waals surface area contributed by atoms with E-state index < -0.39 is 0 Å². The van der Waals surface area contributed by atoms with E-state index in [1.54, 1.807) is 12.4 Å². The summed E-state index contributed by atoms with van der Waals surface area (Å²) in [6.07, 6.45) is 9.13. The molecule has 2 aliphatic rings. The summed E-state index contributed by atoms with van der Waals surface area (Å²) in [6, 6.07) is 4.05. The molecule has 2 fully saturated rings. The number of fused-ring (bicyclic) bond motifs is 1. The Kier molecular flexibility index (Phi) is 5.49. The molecule has 4 unspecified atom stereocenters. The number of amides is 1. The highest BCUT2D eigenvalue weighted by atomic mass is 35.5. The summed E-state index contributed by atoms with van der Waals surface area (Å²) in [4.78, 5) is 25.8. The Morgan fingerprint density at radius 2 is 2.11 bits per heavy atom. The predicted octanol–water partition coefficient (Wildman–Crippen LogP) is 3.56. The molecule has 2 aromatic rings. The molecule has 0 radical (unpaired) electrons. The molecule has 1 saturated carbocycles. The summed E-state index contributed by atoms with van der Waals surface area (Å²) in [5.74, 6) is 0.999. The second kappa shape index (κ2) is 8.03. The van der Waals surface area contributed by atoms with Crippen molar-refractivity contribution in [3.63, 3.8) is 0 Å². The van der Waals surface area contributed by atoms with Gasteiger partial charge in [0.25, 0.3) is 0 Å². The van der Waals surface area contributed by atoms with Crippen LogP contribution in [0, 0.1) is 18.8 Å². The van der Waals surface area contributed by atoms with Crippen LogP contribution in [0.4, 0.5) is 5.95 Å². The number of aromatic nitrogens is 3. The lowest BCUT2D eigenvalue weighted by atomic mass is 9.74. The molecule has 6 nitrogen and oxygen atoms in total. The molecular weight excluding hydrogens is 374 g/mol. The number of carbonyl (C=O) groups is 1. The Bertz CT molecular complexity index is 860. The first-order valence-corrected chi connectivity index (χ1v) is 10.4. The predicted molar refractivity (Wildman–Crippen MR) is 110 cm³/mol. The van der Waals surface area contributed by atoms with Gasteiger partial charge in [0.15, 0.2) is 0 Å². The first kappa shape index (κ1) is 19.1. The van der Waals surface area contributed by atoms with Gasteiger partial charge in [0.2, 0.25) is 11.9 Å². The minimum absolute atomic E-state index is 0.0644. The number of pyridine rings is 1. The van der Waals surface area contributed by atoms with Gasteiger partial charge < -0.3 is 10.6 Å². The third-order valence-electron chi connectivity index (χ3n) is 6.05. The van der Waals surface area contributed by atoms with Crippen molar-refractivity contribution in [2.24, 2.45) is 11.8 Å². The normalized spacial score (nSPS) is 28.2. The Balaban J connectivity index is 1.48. The zero-order valence-electron chi connectivity index (χ0n) is 16.2. The fourth-order valence-electron chi connectivity index (χ4n) is 4.45. The van der Waals surface area contributed by atoms with Crippen LogP contribution in [-0.4, -0.2) is 38.3 Å². The molecule has 4 rings (SSSR count). The SMILES string of the molecule is Cc1cnccc1-c1ccnc(N[C@@H](C)C2CC3CC(Cl)CCC3NC2=O)n1. The van der Waals surface area contributed by atoms with Gasteiger partial charge in [-0.1, -0.05) is 0 Å². The summed E-state index contributed by atoms with van der Waals surface area (Å²) in [5, 5.41) is 6.79. The third kappa shape index (κ3) is 3.97. The number of nitrogens with one attached hydrogen (secondary N) is 2. The number of rotatable bonds is 4. The van der Waals surface area contributed by atoms with Crippen LogP contribution in [0.5, 0.6) is 0 Å². The van der Waals surface area contributed by atoms with Gasteiger partial charge in [-0.2, -0.15) is 0 Å². The fraction of sp³-hybridized carbons (Fsp3) is 0.524. The van der Waals surface area contributed by atoms with Gasteiger partial charge in [0.05, 0.1) is 11.6 Å². The number of alkyl halides is 1. The Morgan fingerprint density at radius 3 is 2.93 bits per heavy atom. The van der Waals surface area contributed by atoms with E-state index >= 15 is 0 Å². The molecule has 1 amide bonds. The average Bonchev–Trinajstić information content (AvgIpc) is 2.68. The highest BCUT2D eigenvalue weighted by Crippen LogP contribution is 2.36. The van der Waals surface area contributed by atoms with Crippen molar-refractivity contribution in [1.82, 2.24) is 20.3 Å². The second-order valence-electron chi connectivity index (χ2n) is 8.02. The molecule has 5 atom stereocenters. The topological polar surface area (TPSA) is 79.8 Å². The summed E-state index contributed by atoms with van der Waals surface area (Å²) in [5.41, 5.74) is 2.93. The largest absolute Gasteiger partial charge is 0.353 e. The zero-order valence-corrected chi connectivity index (χ0v) is 17.0. The maximum atomic E-state index is 12.7. The maximum absolute atomic E-state index is 12.7. The standard InChI is InChI=1S/C21H26ClN5O/c1-12-11-23-7-5-16(12)19-6-8-24-21(27-19)25-13(2)17-10-14-9-15(22)3-4-18(14)26-20(17)28/h5-8,11,13-15,17-18H,3-4,9-10H2,1-2H3,(H,26,28)(H,24,25,27)/t13-,14?,15?,17?,18?/m0/s1. The van der Waals surface area contributed by atoms with Gasteiger partial charge >= 0.3 is 0 Å². The molecule has 0 aromatic carbocycles. The molecule has 0 spiro atoms. The van der Waals surface area contributed by atoms with Crippen molar-refractivity contribution in [2.75, 3.05) is 5.32 Å². The molecule has 2 aromatic heterocycles. The minimum atomic E-state index is -0.113. The van der Waals surface area contributed by atoms with Crippen LogP contribution in [0.15, 0.2) is 30.7 Å². The molecule has 3 heterocycles. The fourth-order valence-corrected chi connectivity index (χ4v) is 4.81. The van der Waals surface area contributed by atoms with Crippen LogP contribution in [0.25, 0.3) is 11.3 Å². The van der Waals surface area contributed by atoms with E-state index in [9.17, 15) is 4.79 Å². The number of aryl methyl sites for hydroxylation is 1. The van der Waals surface area contributed by atoms with E-state index in [4.69, 9.17) is 11.6 Å². The Morgan fingerprint density at radius 1 is 1.25 bits per heavy atom. The van der Waals surface area contributed by atoms with Crippen molar-refractivity contribution >= 4 is 23.5 Å². The van der Waals surface area contributed by atoms with Gasteiger partial charge in [-0.25, -0.2) is 9.97 Å². The van der Waals surface area contributed by atoms with Crippen LogP contribution in [0.2, 0.25) is 0 Å². The molecule has 1 saturated heterocycles. The number of hydrogen-bond acceptors (Lipinski definition) is 5. The molecule has 148 valence electrons. The van der Waals surface area contributed by atoms with Crippen LogP contribution in [0.1, 0.15) is 38.2 Å². The zero-order chi connectivity index (χ0) is 19.7. The van der Waals surface area contributed by atoms with Gasteiger partial charge in [-0.15, -0.1) is 11.6 Å². The quantitative estimate of drug-likeness (QED) is 0.768. The summed E-state index contributed by atoms with van der Waals surface area (Å²) in [7, 11) is 0. The number of anilines is 1. The van der Waals surface area contributed by atoms with Gasteiger partial charge in [0.1, 0.15) is 0 Å². The number of piperidine rings is 1. The smallest absolute Gasteiger partial charge is 0.225 e. The van der Waals surface area contributed by atoms with E-state index in [0.717, 1.165) is 42.5 Å². The lowest BCUT2D eigenvalue weighted by molar-refractivity contribution is -0.130. The molecule has 1 aliphatic carbocycles. The number of halogens is 1. The highest BCUT2D eigenvalue weighted by Gasteiger charge is 2.41. The summed E-state index contributed by atoms with van der Waals surface area (Å²) in [6.45, 7) is 4.04. The molecular formula is C21H26ClN5O. The van der Waals surface area contributed by atoms with Gasteiger partial charge in [-0.05, 0) is 63.1 Å². The molecule has 7 heteroatoms. The Labute approximate surface area is 170 Å². The van der Waals surface area contributed by atoms with Crippen molar-refractivity contribution in [1.29, 1.82) is 0 Å². The number of nitrogens with zero attached hydrogens (tertiary/aromatic N) is 3. The van der Waals surface area contributed by atoms with Gasteiger partial charge in [-0.3, -0.25) is 9.78 Å². The van der Waals surface area contributed by atoms with Crippen molar-refractivity contribution < 1.29 is 4.79 Å². The summed E-state index contributed by atoms with van der Waals surface area (Å²) < 4.78 is 0. The van der Waals surface area contributed by atoms with E-state index in [-0.39, 0.29) is 29.3 Å². The third-order valence-corrected chi connectivity index (χ3v) is 6.45. The maximum Gasteiger partial charge on any atom is 0.225 e. The van der Waals surface area contributed by atoms with E-state index in [2.05, 4.69) is 25.6 Å².